The number of hydrogen-bond acceptors (Lipinski definition) is 4. The molecule has 1 aromatic carbocycles. The Labute approximate surface area is 123 Å². The monoisotopic (exact) mass is 280 g/mol. The van der Waals surface area contributed by atoms with Gasteiger partial charge in [-0.3, -0.25) is 9.78 Å². The van der Waals surface area contributed by atoms with Gasteiger partial charge in [-0.1, -0.05) is 12.1 Å². The van der Waals surface area contributed by atoms with Crippen molar-refractivity contribution in [3.05, 3.63) is 59.9 Å². The van der Waals surface area contributed by atoms with Crippen LogP contribution < -0.4 is 10.6 Å². The van der Waals surface area contributed by atoms with Gasteiger partial charge in [0.1, 0.15) is 6.07 Å². The quantitative estimate of drug-likeness (QED) is 0.794. The zero-order chi connectivity index (χ0) is 14.9. The van der Waals surface area contributed by atoms with E-state index in [1.165, 1.54) is 0 Å². The van der Waals surface area contributed by atoms with Crippen LogP contribution in [0.4, 0.5) is 5.69 Å². The summed E-state index contributed by atoms with van der Waals surface area (Å²) in [5.74, 6) is -0.111. The molecule has 5 nitrogen and oxygen atoms in total. The number of nitrogens with one attached hydrogen (secondary N) is 2. The summed E-state index contributed by atoms with van der Waals surface area (Å²) in [5.41, 5.74) is 2.15. The normalized spacial score (nSPS) is 9.86. The summed E-state index contributed by atoms with van der Waals surface area (Å²) in [4.78, 5) is 15.8. The molecule has 1 amide bonds. The Hall–Kier alpha value is -2.71. The van der Waals surface area contributed by atoms with Crippen molar-refractivity contribution >= 4 is 11.6 Å². The van der Waals surface area contributed by atoms with E-state index in [4.69, 9.17) is 5.26 Å². The molecular formula is C16H16N4O. The van der Waals surface area contributed by atoms with Crippen LogP contribution in [0.1, 0.15) is 17.5 Å². The zero-order valence-electron chi connectivity index (χ0n) is 11.5. The Balaban J connectivity index is 1.74. The lowest BCUT2D eigenvalue weighted by Gasteiger charge is -2.07. The molecule has 2 N–H and O–H groups in total. The molecule has 2 aromatic rings. The van der Waals surface area contributed by atoms with Crippen LogP contribution >= 0.6 is 0 Å². The van der Waals surface area contributed by atoms with E-state index in [0.29, 0.717) is 30.8 Å². The SMILES string of the molecule is N#Cc1ccccc1NC(=O)CCNCc1ccncc1. The first-order valence-electron chi connectivity index (χ1n) is 6.68. The average Bonchev–Trinajstić information content (AvgIpc) is 2.53. The summed E-state index contributed by atoms with van der Waals surface area (Å²) in [6.45, 7) is 1.27. The van der Waals surface area contributed by atoms with E-state index in [1.807, 2.05) is 12.1 Å². The maximum absolute atomic E-state index is 11.8. The summed E-state index contributed by atoms with van der Waals surface area (Å²) in [6.07, 6.45) is 3.83. The van der Waals surface area contributed by atoms with E-state index in [-0.39, 0.29) is 5.91 Å². The number of nitrogens with zero attached hydrogens (tertiary/aromatic N) is 2. The highest BCUT2D eigenvalue weighted by atomic mass is 16.1. The molecular weight excluding hydrogens is 264 g/mol. The van der Waals surface area contributed by atoms with E-state index < -0.39 is 0 Å². The molecule has 0 radical (unpaired) electrons. The Morgan fingerprint density at radius 2 is 1.95 bits per heavy atom. The van der Waals surface area contributed by atoms with Gasteiger partial charge in [0.2, 0.25) is 5.91 Å². The maximum atomic E-state index is 11.8. The van der Waals surface area contributed by atoms with Gasteiger partial charge < -0.3 is 10.6 Å². The third kappa shape index (κ3) is 4.71. The molecule has 0 atom stereocenters. The second-order valence-corrected chi connectivity index (χ2v) is 4.49. The molecule has 5 heteroatoms. The van der Waals surface area contributed by atoms with Crippen molar-refractivity contribution in [2.24, 2.45) is 0 Å². The molecule has 1 aromatic heterocycles. The summed E-state index contributed by atoms with van der Waals surface area (Å²) in [6, 6.07) is 12.9. The average molecular weight is 280 g/mol. The number of hydrogen-bond donors (Lipinski definition) is 2. The third-order valence-electron chi connectivity index (χ3n) is 2.93. The standard InChI is InChI=1S/C16H16N4O/c17-11-14-3-1-2-4-15(14)20-16(21)7-10-19-12-13-5-8-18-9-6-13/h1-6,8-9,19H,7,10,12H2,(H,20,21). The van der Waals surface area contributed by atoms with Crippen molar-refractivity contribution < 1.29 is 4.79 Å². The fourth-order valence-electron chi connectivity index (χ4n) is 1.84. The highest BCUT2D eigenvalue weighted by Crippen LogP contribution is 2.13. The third-order valence-corrected chi connectivity index (χ3v) is 2.93. The molecule has 0 fully saturated rings. The largest absolute Gasteiger partial charge is 0.325 e. The summed E-state index contributed by atoms with van der Waals surface area (Å²) in [5, 5.41) is 14.9. The predicted molar refractivity (Wildman–Crippen MR) is 80.3 cm³/mol. The zero-order valence-corrected chi connectivity index (χ0v) is 11.5. The van der Waals surface area contributed by atoms with Crippen LogP contribution in [0.3, 0.4) is 0 Å². The topological polar surface area (TPSA) is 77.8 Å². The van der Waals surface area contributed by atoms with Crippen LogP contribution in [0.5, 0.6) is 0 Å². The van der Waals surface area contributed by atoms with Crippen LogP contribution in [0.2, 0.25) is 0 Å². The van der Waals surface area contributed by atoms with Crippen molar-refractivity contribution in [2.75, 3.05) is 11.9 Å². The second kappa shape index (κ2) is 7.78. The van der Waals surface area contributed by atoms with E-state index in [2.05, 4.69) is 21.7 Å². The number of carbonyl (C=O) groups is 1. The molecule has 0 aliphatic carbocycles. The lowest BCUT2D eigenvalue weighted by atomic mass is 10.2. The molecule has 0 spiro atoms. The Kier molecular flexibility index (Phi) is 5.44. The van der Waals surface area contributed by atoms with Crippen molar-refractivity contribution in [1.29, 1.82) is 5.26 Å². The molecule has 0 aliphatic heterocycles. The number of anilines is 1. The van der Waals surface area contributed by atoms with Crippen molar-refractivity contribution in [3.8, 4) is 6.07 Å². The van der Waals surface area contributed by atoms with E-state index in [9.17, 15) is 4.79 Å². The smallest absolute Gasteiger partial charge is 0.225 e. The maximum Gasteiger partial charge on any atom is 0.225 e. The van der Waals surface area contributed by atoms with Gasteiger partial charge in [-0.25, -0.2) is 0 Å². The Morgan fingerprint density at radius 1 is 1.19 bits per heavy atom. The van der Waals surface area contributed by atoms with Gasteiger partial charge in [-0.2, -0.15) is 5.26 Å². The van der Waals surface area contributed by atoms with E-state index in [1.54, 1.807) is 36.7 Å². The van der Waals surface area contributed by atoms with Gasteiger partial charge in [-0.15, -0.1) is 0 Å². The lowest BCUT2D eigenvalue weighted by Crippen LogP contribution is -2.21. The summed E-state index contributed by atoms with van der Waals surface area (Å²) >= 11 is 0. The van der Waals surface area contributed by atoms with E-state index >= 15 is 0 Å². The highest BCUT2D eigenvalue weighted by Gasteiger charge is 2.05. The van der Waals surface area contributed by atoms with Crippen molar-refractivity contribution in [3.63, 3.8) is 0 Å². The number of nitriles is 1. The summed E-state index contributed by atoms with van der Waals surface area (Å²) in [7, 11) is 0. The number of aromatic nitrogens is 1. The van der Waals surface area contributed by atoms with Gasteiger partial charge in [0.25, 0.3) is 0 Å². The van der Waals surface area contributed by atoms with Crippen LogP contribution in [0.25, 0.3) is 0 Å². The Bertz CT molecular complexity index is 634. The predicted octanol–water partition coefficient (Wildman–Crippen LogP) is 2.07. The van der Waals surface area contributed by atoms with Gasteiger partial charge in [0.05, 0.1) is 11.3 Å². The number of para-hydroxylation sites is 1. The molecule has 2 rings (SSSR count). The number of amides is 1. The molecule has 0 saturated heterocycles. The van der Waals surface area contributed by atoms with Crippen LogP contribution in [0, 0.1) is 11.3 Å². The van der Waals surface area contributed by atoms with Crippen LogP contribution in [0.15, 0.2) is 48.8 Å². The first kappa shape index (κ1) is 14.7. The van der Waals surface area contributed by atoms with Gasteiger partial charge >= 0.3 is 0 Å². The Morgan fingerprint density at radius 3 is 2.71 bits per heavy atom. The second-order valence-electron chi connectivity index (χ2n) is 4.49. The van der Waals surface area contributed by atoms with E-state index in [0.717, 1.165) is 5.56 Å². The van der Waals surface area contributed by atoms with Crippen molar-refractivity contribution in [2.45, 2.75) is 13.0 Å². The fourth-order valence-corrected chi connectivity index (χ4v) is 1.84. The first-order valence-corrected chi connectivity index (χ1v) is 6.68. The number of benzene rings is 1. The summed E-state index contributed by atoms with van der Waals surface area (Å²) < 4.78 is 0. The molecule has 21 heavy (non-hydrogen) atoms. The van der Waals surface area contributed by atoms with Crippen LogP contribution in [-0.2, 0) is 11.3 Å². The molecule has 0 aliphatic rings. The molecule has 0 bridgehead atoms. The minimum absolute atomic E-state index is 0.111. The van der Waals surface area contributed by atoms with Crippen molar-refractivity contribution in [1.82, 2.24) is 10.3 Å². The first-order chi connectivity index (χ1) is 10.3. The number of rotatable bonds is 6. The van der Waals surface area contributed by atoms with Gasteiger partial charge in [-0.05, 0) is 29.8 Å². The van der Waals surface area contributed by atoms with Gasteiger partial charge in [0, 0.05) is 31.9 Å². The molecule has 0 unspecified atom stereocenters. The van der Waals surface area contributed by atoms with Gasteiger partial charge in [0.15, 0.2) is 0 Å². The number of pyridine rings is 1. The lowest BCUT2D eigenvalue weighted by molar-refractivity contribution is -0.116. The molecule has 106 valence electrons. The minimum atomic E-state index is -0.111. The minimum Gasteiger partial charge on any atom is -0.325 e. The highest BCUT2D eigenvalue weighted by molar-refractivity contribution is 5.92. The molecule has 0 saturated carbocycles. The van der Waals surface area contributed by atoms with Crippen LogP contribution in [-0.4, -0.2) is 17.4 Å². The fraction of sp³-hybridized carbons (Fsp3) is 0.188. The molecule has 1 heterocycles. The number of carbonyl (C=O) groups excluding carboxylic acids is 1.